The Labute approximate surface area is 166 Å². The lowest BCUT2D eigenvalue weighted by molar-refractivity contribution is -0.115. The van der Waals surface area contributed by atoms with E-state index in [0.29, 0.717) is 21.3 Å². The van der Waals surface area contributed by atoms with Gasteiger partial charge in [0.05, 0.1) is 12.2 Å². The van der Waals surface area contributed by atoms with Crippen molar-refractivity contribution in [2.24, 2.45) is 0 Å². The van der Waals surface area contributed by atoms with Gasteiger partial charge < -0.3 is 10.6 Å². The zero-order valence-corrected chi connectivity index (χ0v) is 16.4. The summed E-state index contributed by atoms with van der Waals surface area (Å²) in [5.41, 5.74) is 3.01. The Morgan fingerprint density at radius 3 is 2.56 bits per heavy atom. The van der Waals surface area contributed by atoms with Crippen LogP contribution in [0.3, 0.4) is 0 Å². The number of carbonyl (C=O) groups is 2. The van der Waals surface area contributed by atoms with Gasteiger partial charge in [-0.05, 0) is 31.5 Å². The standard InChI is InChI=1S/C20H18ClN3O2S/c1-12-15(21)9-6-10-16(12)24-17(25)11-22-19(26)18-13(2)23-20(27-18)14-7-4-3-5-8-14/h3-10H,11H2,1-2H3,(H,22,26)(H,24,25). The van der Waals surface area contributed by atoms with E-state index < -0.39 is 0 Å². The van der Waals surface area contributed by atoms with Gasteiger partial charge in [0.2, 0.25) is 5.91 Å². The van der Waals surface area contributed by atoms with Gasteiger partial charge in [-0.1, -0.05) is 48.0 Å². The van der Waals surface area contributed by atoms with Crippen LogP contribution in [0.4, 0.5) is 5.69 Å². The van der Waals surface area contributed by atoms with Gasteiger partial charge in [0.15, 0.2) is 0 Å². The number of rotatable bonds is 5. The Balaban J connectivity index is 1.63. The quantitative estimate of drug-likeness (QED) is 0.665. The second kappa shape index (κ2) is 8.33. The number of nitrogens with zero attached hydrogens (tertiary/aromatic N) is 1. The first-order valence-electron chi connectivity index (χ1n) is 8.31. The third kappa shape index (κ3) is 4.53. The van der Waals surface area contributed by atoms with E-state index in [4.69, 9.17) is 11.6 Å². The van der Waals surface area contributed by atoms with Crippen molar-refractivity contribution in [1.82, 2.24) is 10.3 Å². The van der Waals surface area contributed by atoms with Crippen LogP contribution in [0.5, 0.6) is 0 Å². The van der Waals surface area contributed by atoms with Crippen LogP contribution in [0, 0.1) is 13.8 Å². The highest BCUT2D eigenvalue weighted by atomic mass is 35.5. The van der Waals surface area contributed by atoms with Crippen LogP contribution in [0.1, 0.15) is 20.9 Å². The van der Waals surface area contributed by atoms with Crippen molar-refractivity contribution in [3.05, 3.63) is 69.7 Å². The average molecular weight is 400 g/mol. The maximum Gasteiger partial charge on any atom is 0.263 e. The van der Waals surface area contributed by atoms with Crippen molar-refractivity contribution in [1.29, 1.82) is 0 Å². The van der Waals surface area contributed by atoms with Gasteiger partial charge in [-0.15, -0.1) is 11.3 Å². The number of thiazole rings is 1. The van der Waals surface area contributed by atoms with E-state index in [9.17, 15) is 9.59 Å². The minimum Gasteiger partial charge on any atom is -0.342 e. The summed E-state index contributed by atoms with van der Waals surface area (Å²) in [7, 11) is 0. The molecule has 3 aromatic rings. The molecular weight excluding hydrogens is 382 g/mol. The highest BCUT2D eigenvalue weighted by molar-refractivity contribution is 7.17. The molecule has 0 saturated heterocycles. The van der Waals surface area contributed by atoms with Crippen LogP contribution in [-0.4, -0.2) is 23.3 Å². The number of halogens is 1. The van der Waals surface area contributed by atoms with Crippen molar-refractivity contribution in [2.75, 3.05) is 11.9 Å². The molecule has 27 heavy (non-hydrogen) atoms. The number of amides is 2. The van der Waals surface area contributed by atoms with Crippen molar-refractivity contribution < 1.29 is 9.59 Å². The maximum absolute atomic E-state index is 12.4. The molecule has 0 aliphatic rings. The monoisotopic (exact) mass is 399 g/mol. The van der Waals surface area contributed by atoms with Crippen molar-refractivity contribution in [3.63, 3.8) is 0 Å². The Hall–Kier alpha value is -2.70. The van der Waals surface area contributed by atoms with Crippen LogP contribution in [0.15, 0.2) is 48.5 Å². The fourth-order valence-corrected chi connectivity index (χ4v) is 3.65. The summed E-state index contributed by atoms with van der Waals surface area (Å²) in [6.07, 6.45) is 0. The van der Waals surface area contributed by atoms with Crippen LogP contribution < -0.4 is 10.6 Å². The molecule has 2 amide bonds. The summed E-state index contributed by atoms with van der Waals surface area (Å²) < 4.78 is 0. The molecule has 0 atom stereocenters. The second-order valence-electron chi connectivity index (χ2n) is 5.94. The zero-order chi connectivity index (χ0) is 19.4. The fraction of sp³-hybridized carbons (Fsp3) is 0.150. The van der Waals surface area contributed by atoms with Gasteiger partial charge in [-0.2, -0.15) is 0 Å². The summed E-state index contributed by atoms with van der Waals surface area (Å²) >= 11 is 7.36. The molecule has 0 bridgehead atoms. The van der Waals surface area contributed by atoms with Crippen LogP contribution in [0.2, 0.25) is 5.02 Å². The molecule has 0 fully saturated rings. The normalized spacial score (nSPS) is 10.5. The van der Waals surface area contributed by atoms with Crippen LogP contribution in [0.25, 0.3) is 10.6 Å². The average Bonchev–Trinajstić information content (AvgIpc) is 3.06. The maximum atomic E-state index is 12.4. The Kier molecular flexibility index (Phi) is 5.88. The van der Waals surface area contributed by atoms with Gasteiger partial charge in [-0.3, -0.25) is 9.59 Å². The highest BCUT2D eigenvalue weighted by Crippen LogP contribution is 2.27. The molecule has 1 heterocycles. The molecule has 1 aromatic heterocycles. The van der Waals surface area contributed by atoms with Crippen LogP contribution in [-0.2, 0) is 4.79 Å². The summed E-state index contributed by atoms with van der Waals surface area (Å²) in [6, 6.07) is 14.9. The highest BCUT2D eigenvalue weighted by Gasteiger charge is 2.17. The number of aryl methyl sites for hydroxylation is 1. The number of hydrogen-bond donors (Lipinski definition) is 2. The molecular formula is C20H18ClN3O2S. The number of nitrogens with one attached hydrogen (secondary N) is 2. The Morgan fingerprint density at radius 2 is 1.81 bits per heavy atom. The van der Waals surface area contributed by atoms with Crippen molar-refractivity contribution >= 4 is 40.4 Å². The lowest BCUT2D eigenvalue weighted by Gasteiger charge is -2.10. The molecule has 138 valence electrons. The summed E-state index contributed by atoms with van der Waals surface area (Å²) in [5, 5.41) is 6.75. The first-order chi connectivity index (χ1) is 13.0. The molecule has 0 aliphatic heterocycles. The Bertz CT molecular complexity index is 986. The van der Waals surface area contributed by atoms with Gasteiger partial charge in [0, 0.05) is 16.3 Å². The number of benzene rings is 2. The number of carbonyl (C=O) groups excluding carboxylic acids is 2. The molecule has 0 radical (unpaired) electrons. The van der Waals surface area contributed by atoms with E-state index in [1.807, 2.05) is 37.3 Å². The third-order valence-electron chi connectivity index (χ3n) is 3.97. The molecule has 0 spiro atoms. The Morgan fingerprint density at radius 1 is 1.07 bits per heavy atom. The van der Waals surface area contributed by atoms with E-state index in [1.165, 1.54) is 11.3 Å². The SMILES string of the molecule is Cc1nc(-c2ccccc2)sc1C(=O)NCC(=O)Nc1cccc(Cl)c1C. The van der Waals surface area contributed by atoms with Crippen molar-refractivity contribution in [3.8, 4) is 10.6 Å². The number of anilines is 1. The second-order valence-corrected chi connectivity index (χ2v) is 7.35. The molecule has 0 unspecified atom stereocenters. The predicted molar refractivity (Wildman–Crippen MR) is 109 cm³/mol. The molecule has 0 aliphatic carbocycles. The minimum absolute atomic E-state index is 0.136. The molecule has 2 aromatic carbocycles. The lowest BCUT2D eigenvalue weighted by atomic mass is 10.2. The van der Waals surface area contributed by atoms with E-state index in [1.54, 1.807) is 25.1 Å². The van der Waals surface area contributed by atoms with Gasteiger partial charge in [0.1, 0.15) is 9.88 Å². The topological polar surface area (TPSA) is 71.1 Å². The summed E-state index contributed by atoms with van der Waals surface area (Å²) in [4.78, 5) is 29.5. The van der Waals surface area contributed by atoms with E-state index in [-0.39, 0.29) is 18.4 Å². The van der Waals surface area contributed by atoms with E-state index in [0.717, 1.165) is 16.1 Å². The molecule has 3 rings (SSSR count). The third-order valence-corrected chi connectivity index (χ3v) is 5.59. The summed E-state index contributed by atoms with van der Waals surface area (Å²) in [6.45, 7) is 3.47. The van der Waals surface area contributed by atoms with Crippen molar-refractivity contribution in [2.45, 2.75) is 13.8 Å². The number of hydrogen-bond acceptors (Lipinski definition) is 4. The zero-order valence-electron chi connectivity index (χ0n) is 14.9. The smallest absolute Gasteiger partial charge is 0.263 e. The lowest BCUT2D eigenvalue weighted by Crippen LogP contribution is -2.32. The largest absolute Gasteiger partial charge is 0.342 e. The molecule has 0 saturated carbocycles. The molecule has 7 heteroatoms. The van der Waals surface area contributed by atoms with Crippen LogP contribution >= 0.6 is 22.9 Å². The first kappa shape index (κ1) is 19.1. The fourth-order valence-electron chi connectivity index (χ4n) is 2.49. The van der Waals surface area contributed by atoms with Gasteiger partial charge in [-0.25, -0.2) is 4.98 Å². The van der Waals surface area contributed by atoms with E-state index in [2.05, 4.69) is 15.6 Å². The minimum atomic E-state index is -0.320. The number of aromatic nitrogens is 1. The van der Waals surface area contributed by atoms with Gasteiger partial charge >= 0.3 is 0 Å². The summed E-state index contributed by atoms with van der Waals surface area (Å²) in [5.74, 6) is -0.635. The predicted octanol–water partition coefficient (Wildman–Crippen LogP) is 4.45. The molecule has 5 nitrogen and oxygen atoms in total. The van der Waals surface area contributed by atoms with E-state index >= 15 is 0 Å². The first-order valence-corrected chi connectivity index (χ1v) is 9.51. The molecule has 2 N–H and O–H groups in total. The van der Waals surface area contributed by atoms with Gasteiger partial charge in [0.25, 0.3) is 5.91 Å².